The molecule has 1 rings (SSSR count). The fourth-order valence-corrected chi connectivity index (χ4v) is 1.59. The SMILES string of the molecule is CNCCNc1nc(C)cc(OC)c(OC)ccc(N)n1. The number of anilines is 2. The van der Waals surface area contributed by atoms with Crippen LogP contribution in [0.25, 0.3) is 0 Å². The second-order valence-electron chi connectivity index (χ2n) is 4.26. The molecule has 0 radical (unpaired) electrons. The van der Waals surface area contributed by atoms with Gasteiger partial charge in [-0.25, -0.2) is 4.98 Å². The molecule has 4 N–H and O–H groups in total. The largest absolute Gasteiger partial charge is 0.493 e. The van der Waals surface area contributed by atoms with Crippen LogP contribution in [0.3, 0.4) is 0 Å². The van der Waals surface area contributed by atoms with Crippen LogP contribution in [0.5, 0.6) is 11.5 Å². The van der Waals surface area contributed by atoms with Crippen molar-refractivity contribution in [3.8, 4) is 11.5 Å². The molecular formula is C14H23N5O2. The van der Waals surface area contributed by atoms with Crippen molar-refractivity contribution in [3.05, 3.63) is 23.9 Å². The number of aryl methyl sites for hydroxylation is 1. The van der Waals surface area contributed by atoms with Crippen molar-refractivity contribution in [1.82, 2.24) is 15.3 Å². The van der Waals surface area contributed by atoms with Gasteiger partial charge in [-0.15, -0.1) is 0 Å². The Morgan fingerprint density at radius 2 is 1.81 bits per heavy atom. The van der Waals surface area contributed by atoms with Crippen LogP contribution < -0.4 is 25.8 Å². The van der Waals surface area contributed by atoms with Crippen molar-refractivity contribution in [2.75, 3.05) is 45.4 Å². The fourth-order valence-electron chi connectivity index (χ4n) is 1.59. The molecule has 0 saturated carbocycles. The first-order valence-electron chi connectivity index (χ1n) is 6.60. The van der Waals surface area contributed by atoms with E-state index in [0.717, 1.165) is 12.2 Å². The summed E-state index contributed by atoms with van der Waals surface area (Å²) in [5, 5.41) is 6.15. The summed E-state index contributed by atoms with van der Waals surface area (Å²) in [5.74, 6) is 1.90. The lowest BCUT2D eigenvalue weighted by molar-refractivity contribution is 0.355. The number of likely N-dealkylation sites (N-methyl/N-ethyl adjacent to an activating group) is 1. The third-order valence-corrected chi connectivity index (χ3v) is 2.60. The van der Waals surface area contributed by atoms with Crippen LogP contribution in [0.4, 0.5) is 11.8 Å². The van der Waals surface area contributed by atoms with Crippen molar-refractivity contribution >= 4 is 11.8 Å². The van der Waals surface area contributed by atoms with Gasteiger partial charge in [0, 0.05) is 24.8 Å². The molecule has 0 aliphatic heterocycles. The average molecular weight is 293 g/mol. The van der Waals surface area contributed by atoms with Crippen LogP contribution >= 0.6 is 0 Å². The highest BCUT2D eigenvalue weighted by atomic mass is 16.5. The van der Waals surface area contributed by atoms with Gasteiger partial charge in [0.2, 0.25) is 5.95 Å². The number of rotatable bonds is 6. The number of nitrogens with one attached hydrogen (secondary N) is 2. The van der Waals surface area contributed by atoms with Gasteiger partial charge in [-0.2, -0.15) is 4.98 Å². The van der Waals surface area contributed by atoms with E-state index in [1.165, 1.54) is 0 Å². The molecule has 116 valence electrons. The maximum absolute atomic E-state index is 5.86. The lowest BCUT2D eigenvalue weighted by Crippen LogP contribution is -2.18. The Morgan fingerprint density at radius 1 is 1.10 bits per heavy atom. The second-order valence-corrected chi connectivity index (χ2v) is 4.26. The van der Waals surface area contributed by atoms with Crippen LogP contribution in [0, 0.1) is 6.92 Å². The summed E-state index contributed by atoms with van der Waals surface area (Å²) in [4.78, 5) is 8.63. The maximum atomic E-state index is 5.86. The highest BCUT2D eigenvalue weighted by molar-refractivity contribution is 5.42. The zero-order chi connectivity index (χ0) is 15.7. The molecule has 1 aromatic heterocycles. The quantitative estimate of drug-likeness (QED) is 0.677. The minimum absolute atomic E-state index is 0.324. The molecule has 0 atom stereocenters. The third kappa shape index (κ3) is 5.70. The molecule has 0 fully saturated rings. The van der Waals surface area contributed by atoms with Gasteiger partial charge in [0.25, 0.3) is 0 Å². The van der Waals surface area contributed by atoms with Crippen LogP contribution in [-0.4, -0.2) is 44.3 Å². The Labute approximate surface area is 125 Å². The van der Waals surface area contributed by atoms with Gasteiger partial charge in [-0.3, -0.25) is 0 Å². The molecule has 0 aliphatic carbocycles. The molecular weight excluding hydrogens is 270 g/mol. The van der Waals surface area contributed by atoms with Gasteiger partial charge < -0.3 is 25.8 Å². The van der Waals surface area contributed by atoms with E-state index in [0.29, 0.717) is 29.8 Å². The Morgan fingerprint density at radius 3 is 2.43 bits per heavy atom. The van der Waals surface area contributed by atoms with E-state index in [2.05, 4.69) is 20.6 Å². The monoisotopic (exact) mass is 293 g/mol. The van der Waals surface area contributed by atoms with Gasteiger partial charge in [0.15, 0.2) is 11.5 Å². The molecule has 1 heterocycles. The normalized spacial score (nSPS) is 9.71. The van der Waals surface area contributed by atoms with E-state index < -0.39 is 0 Å². The summed E-state index contributed by atoms with van der Waals surface area (Å²) >= 11 is 0. The summed E-state index contributed by atoms with van der Waals surface area (Å²) in [7, 11) is 5.02. The van der Waals surface area contributed by atoms with Crippen molar-refractivity contribution in [2.45, 2.75) is 6.92 Å². The van der Waals surface area contributed by atoms with Crippen molar-refractivity contribution in [3.63, 3.8) is 0 Å². The van der Waals surface area contributed by atoms with E-state index in [4.69, 9.17) is 15.2 Å². The number of hydrogen-bond donors (Lipinski definition) is 3. The smallest absolute Gasteiger partial charge is 0.224 e. The number of nitrogens with zero attached hydrogens (tertiary/aromatic N) is 2. The number of ether oxygens (including phenoxy) is 2. The molecule has 0 amide bonds. The van der Waals surface area contributed by atoms with E-state index in [1.807, 2.05) is 14.0 Å². The summed E-state index contributed by atoms with van der Waals surface area (Å²) in [6.07, 6.45) is 0. The minimum atomic E-state index is 0.324. The summed E-state index contributed by atoms with van der Waals surface area (Å²) < 4.78 is 10.6. The zero-order valence-electron chi connectivity index (χ0n) is 12.9. The summed E-state index contributed by atoms with van der Waals surface area (Å²) in [6.45, 7) is 3.34. The molecule has 7 heteroatoms. The third-order valence-electron chi connectivity index (χ3n) is 2.60. The fraction of sp³-hybridized carbons (Fsp3) is 0.429. The molecule has 0 spiro atoms. The van der Waals surface area contributed by atoms with Crippen molar-refractivity contribution in [2.24, 2.45) is 0 Å². The Kier molecular flexibility index (Phi) is 7.03. The number of nitrogens with two attached hydrogens (primary N) is 1. The van der Waals surface area contributed by atoms with Crippen LogP contribution in [0.15, 0.2) is 18.2 Å². The molecule has 21 heavy (non-hydrogen) atoms. The first-order chi connectivity index (χ1) is 10.1. The summed E-state index contributed by atoms with van der Waals surface area (Å²) in [5.41, 5.74) is 6.58. The molecule has 0 bridgehead atoms. The van der Waals surface area contributed by atoms with Crippen molar-refractivity contribution < 1.29 is 9.47 Å². The van der Waals surface area contributed by atoms with E-state index in [-0.39, 0.29) is 0 Å². The highest BCUT2D eigenvalue weighted by Crippen LogP contribution is 2.24. The Balaban J connectivity index is 3.32. The Bertz CT molecular complexity index is 521. The van der Waals surface area contributed by atoms with Crippen LogP contribution in [0.2, 0.25) is 0 Å². The van der Waals surface area contributed by atoms with Gasteiger partial charge in [-0.05, 0) is 26.1 Å². The lowest BCUT2D eigenvalue weighted by Gasteiger charge is -2.06. The van der Waals surface area contributed by atoms with Crippen LogP contribution in [0.1, 0.15) is 5.69 Å². The lowest BCUT2D eigenvalue weighted by atomic mass is 10.3. The Hall–Kier alpha value is -2.28. The predicted octanol–water partition coefficient (Wildman–Crippen LogP) is 1.14. The summed E-state index contributed by atoms with van der Waals surface area (Å²) in [6, 6.07) is 5.12. The number of hydrogen-bond acceptors (Lipinski definition) is 7. The van der Waals surface area contributed by atoms with Gasteiger partial charge in [-0.1, -0.05) is 0 Å². The molecule has 0 unspecified atom stereocenters. The van der Waals surface area contributed by atoms with Gasteiger partial charge in [0.05, 0.1) is 14.2 Å². The molecule has 1 aromatic rings. The minimum Gasteiger partial charge on any atom is -0.493 e. The number of aromatic nitrogens is 2. The predicted molar refractivity (Wildman–Crippen MR) is 84.3 cm³/mol. The molecule has 0 aromatic carbocycles. The molecule has 0 aliphatic rings. The maximum Gasteiger partial charge on any atom is 0.224 e. The topological polar surface area (TPSA) is 94.3 Å². The number of nitrogen functional groups attached to an aromatic ring is 1. The standard InChI is InChI=1S/C14H23N5O2/c1-10-9-12(21-4)11(20-3)5-6-13(15)19-14(18-10)17-8-7-16-2/h5-6,9,16H,7-8H2,1-4H3,(H3,15,17,18,19). The van der Waals surface area contributed by atoms with E-state index in [1.54, 1.807) is 32.4 Å². The second kappa shape index (κ2) is 8.80. The van der Waals surface area contributed by atoms with E-state index in [9.17, 15) is 0 Å². The van der Waals surface area contributed by atoms with Gasteiger partial charge >= 0.3 is 0 Å². The van der Waals surface area contributed by atoms with E-state index >= 15 is 0 Å². The van der Waals surface area contributed by atoms with Crippen molar-refractivity contribution in [1.29, 1.82) is 0 Å². The highest BCUT2D eigenvalue weighted by Gasteiger charge is 2.01. The number of methoxy groups -OCH3 is 2. The van der Waals surface area contributed by atoms with Crippen LogP contribution in [-0.2, 0) is 0 Å². The molecule has 7 nitrogen and oxygen atoms in total. The van der Waals surface area contributed by atoms with Gasteiger partial charge in [0.1, 0.15) is 5.82 Å². The first-order valence-corrected chi connectivity index (χ1v) is 6.60. The zero-order valence-corrected chi connectivity index (χ0v) is 12.9. The molecule has 0 saturated heterocycles. The average Bonchev–Trinajstić information content (AvgIpc) is 2.46. The first kappa shape index (κ1) is 16.8.